The first-order chi connectivity index (χ1) is 9.85. The lowest BCUT2D eigenvalue weighted by Gasteiger charge is -2.36. The molecule has 1 aromatic rings. The van der Waals surface area contributed by atoms with Gasteiger partial charge < -0.3 is 10.6 Å². The fourth-order valence-electron chi connectivity index (χ4n) is 2.66. The van der Waals surface area contributed by atoms with Gasteiger partial charge >= 0.3 is 0 Å². The summed E-state index contributed by atoms with van der Waals surface area (Å²) >= 11 is 1.64. The molecule has 0 saturated carbocycles. The number of nitrogen functional groups attached to an aromatic ring is 1. The molecule has 7 heteroatoms. The standard InChI is InChI=1S/C14H21N3O2S2/c1-3-20-12-6-4-5-11(13(12)14(15)16)17-7-8-21(18,19)9-10(17)2/h4-6,10H,3,7-9H2,1-2H3,(H3,15,16). The van der Waals surface area contributed by atoms with Crippen LogP contribution in [0.25, 0.3) is 0 Å². The maximum Gasteiger partial charge on any atom is 0.154 e. The Morgan fingerprint density at radius 1 is 1.52 bits per heavy atom. The highest BCUT2D eigenvalue weighted by atomic mass is 32.2. The molecule has 1 heterocycles. The Hall–Kier alpha value is -1.21. The lowest BCUT2D eigenvalue weighted by atomic mass is 10.1. The van der Waals surface area contributed by atoms with E-state index in [0.717, 1.165) is 21.9 Å². The van der Waals surface area contributed by atoms with Gasteiger partial charge in [-0.25, -0.2) is 8.42 Å². The summed E-state index contributed by atoms with van der Waals surface area (Å²) in [5.74, 6) is 1.23. The fraction of sp³-hybridized carbons (Fsp3) is 0.500. The van der Waals surface area contributed by atoms with Crippen LogP contribution in [0.3, 0.4) is 0 Å². The second kappa shape index (κ2) is 6.27. The van der Waals surface area contributed by atoms with Crippen molar-refractivity contribution in [3.05, 3.63) is 23.8 Å². The minimum atomic E-state index is -2.96. The number of nitrogens with zero attached hydrogens (tertiary/aromatic N) is 1. The fourth-order valence-corrected chi connectivity index (χ4v) is 5.06. The van der Waals surface area contributed by atoms with Crippen molar-refractivity contribution in [1.82, 2.24) is 0 Å². The van der Waals surface area contributed by atoms with E-state index >= 15 is 0 Å². The third-order valence-corrected chi connectivity index (χ3v) is 6.29. The van der Waals surface area contributed by atoms with E-state index in [2.05, 4.69) is 11.8 Å². The van der Waals surface area contributed by atoms with Crippen molar-refractivity contribution in [3.8, 4) is 0 Å². The van der Waals surface area contributed by atoms with Crippen LogP contribution in [0.15, 0.2) is 23.1 Å². The average molecular weight is 327 g/mol. The molecule has 0 aliphatic carbocycles. The van der Waals surface area contributed by atoms with Gasteiger partial charge in [0.1, 0.15) is 5.84 Å². The molecule has 116 valence electrons. The topological polar surface area (TPSA) is 87.2 Å². The number of thioether (sulfide) groups is 1. The summed E-state index contributed by atoms with van der Waals surface area (Å²) in [6, 6.07) is 5.71. The second-order valence-corrected chi connectivity index (χ2v) is 8.69. The van der Waals surface area contributed by atoms with E-state index in [1.54, 1.807) is 11.8 Å². The molecule has 1 aliphatic heterocycles. The highest BCUT2D eigenvalue weighted by Crippen LogP contribution is 2.32. The third kappa shape index (κ3) is 3.52. The Balaban J connectivity index is 2.44. The number of amidine groups is 1. The van der Waals surface area contributed by atoms with Crippen molar-refractivity contribution in [3.63, 3.8) is 0 Å². The van der Waals surface area contributed by atoms with Gasteiger partial charge in [-0.3, -0.25) is 5.41 Å². The molecule has 5 nitrogen and oxygen atoms in total. The minimum absolute atomic E-state index is 0.0298. The molecule has 0 bridgehead atoms. The second-order valence-electron chi connectivity index (χ2n) is 5.15. The van der Waals surface area contributed by atoms with Crippen LogP contribution in [0.5, 0.6) is 0 Å². The van der Waals surface area contributed by atoms with Crippen LogP contribution in [0.4, 0.5) is 5.69 Å². The molecule has 21 heavy (non-hydrogen) atoms. The lowest BCUT2D eigenvalue weighted by molar-refractivity contribution is 0.568. The van der Waals surface area contributed by atoms with E-state index in [-0.39, 0.29) is 23.4 Å². The molecule has 1 aliphatic rings. The summed E-state index contributed by atoms with van der Waals surface area (Å²) in [6.45, 7) is 4.40. The van der Waals surface area contributed by atoms with Gasteiger partial charge in [0.15, 0.2) is 9.84 Å². The summed E-state index contributed by atoms with van der Waals surface area (Å²) in [7, 11) is -2.96. The quantitative estimate of drug-likeness (QED) is 0.499. The van der Waals surface area contributed by atoms with E-state index < -0.39 is 9.84 Å². The van der Waals surface area contributed by atoms with Gasteiger partial charge in [0.2, 0.25) is 0 Å². The molecule has 0 spiro atoms. The van der Waals surface area contributed by atoms with Crippen molar-refractivity contribution < 1.29 is 8.42 Å². The first kappa shape index (κ1) is 16.2. The summed E-state index contributed by atoms with van der Waals surface area (Å²) < 4.78 is 23.5. The van der Waals surface area contributed by atoms with Crippen molar-refractivity contribution >= 4 is 33.1 Å². The normalized spacial score (nSPS) is 21.2. The molecule has 0 aromatic heterocycles. The van der Waals surface area contributed by atoms with Crippen molar-refractivity contribution in [1.29, 1.82) is 5.41 Å². The van der Waals surface area contributed by atoms with Crippen LogP contribution in [0.1, 0.15) is 19.4 Å². The number of anilines is 1. The zero-order valence-corrected chi connectivity index (χ0v) is 13.9. The maximum atomic E-state index is 11.7. The molecule has 2 rings (SSSR count). The monoisotopic (exact) mass is 327 g/mol. The van der Waals surface area contributed by atoms with Crippen LogP contribution in [-0.4, -0.2) is 44.1 Å². The number of hydrogen-bond donors (Lipinski definition) is 2. The molecule has 1 aromatic carbocycles. The molecule has 1 atom stereocenters. The van der Waals surface area contributed by atoms with E-state index in [1.165, 1.54) is 0 Å². The predicted octanol–water partition coefficient (Wildman–Crippen LogP) is 1.71. The molecule has 3 N–H and O–H groups in total. The number of sulfone groups is 1. The summed E-state index contributed by atoms with van der Waals surface area (Å²) in [6.07, 6.45) is 0. The van der Waals surface area contributed by atoms with Gasteiger partial charge in [0.05, 0.1) is 17.1 Å². The molecule has 1 unspecified atom stereocenters. The molecule has 1 saturated heterocycles. The lowest BCUT2D eigenvalue weighted by Crippen LogP contribution is -2.47. The zero-order chi connectivity index (χ0) is 15.6. The van der Waals surface area contributed by atoms with Crippen LogP contribution in [0.2, 0.25) is 0 Å². The van der Waals surface area contributed by atoms with E-state index in [0.29, 0.717) is 6.54 Å². The first-order valence-electron chi connectivity index (χ1n) is 6.93. The highest BCUT2D eigenvalue weighted by molar-refractivity contribution is 7.99. The number of benzene rings is 1. The van der Waals surface area contributed by atoms with E-state index in [1.807, 2.05) is 25.1 Å². The molecular weight excluding hydrogens is 306 g/mol. The molecule has 0 radical (unpaired) electrons. The summed E-state index contributed by atoms with van der Waals surface area (Å²) in [4.78, 5) is 3.03. The molecule has 1 fully saturated rings. The van der Waals surface area contributed by atoms with E-state index in [9.17, 15) is 8.42 Å². The van der Waals surface area contributed by atoms with Gasteiger partial charge in [-0.1, -0.05) is 13.0 Å². The Morgan fingerprint density at radius 3 is 2.81 bits per heavy atom. The number of hydrogen-bond acceptors (Lipinski definition) is 5. The predicted molar refractivity (Wildman–Crippen MR) is 89.3 cm³/mol. The number of rotatable bonds is 4. The summed E-state index contributed by atoms with van der Waals surface area (Å²) in [5, 5.41) is 7.88. The van der Waals surface area contributed by atoms with Gasteiger partial charge in [-0.05, 0) is 24.8 Å². The van der Waals surface area contributed by atoms with Gasteiger partial charge in [-0.15, -0.1) is 11.8 Å². The maximum absolute atomic E-state index is 11.7. The number of nitrogens with two attached hydrogens (primary N) is 1. The zero-order valence-electron chi connectivity index (χ0n) is 12.3. The average Bonchev–Trinajstić information content (AvgIpc) is 2.37. The Kier molecular flexibility index (Phi) is 4.83. The molecule has 0 amide bonds. The molecular formula is C14H21N3O2S2. The van der Waals surface area contributed by atoms with Crippen LogP contribution >= 0.6 is 11.8 Å². The SMILES string of the molecule is CCSc1cccc(N2CCS(=O)(=O)CC2C)c1C(=N)N. The summed E-state index contributed by atoms with van der Waals surface area (Å²) in [5.41, 5.74) is 7.36. The minimum Gasteiger partial charge on any atom is -0.384 e. The Labute approximate surface area is 130 Å². The Bertz CT molecular complexity index is 644. The van der Waals surface area contributed by atoms with Crippen LogP contribution < -0.4 is 10.6 Å². The van der Waals surface area contributed by atoms with Crippen molar-refractivity contribution in [2.24, 2.45) is 5.73 Å². The van der Waals surface area contributed by atoms with Gasteiger partial charge in [-0.2, -0.15) is 0 Å². The highest BCUT2D eigenvalue weighted by Gasteiger charge is 2.30. The van der Waals surface area contributed by atoms with Crippen molar-refractivity contribution in [2.75, 3.05) is 28.7 Å². The van der Waals surface area contributed by atoms with Crippen molar-refractivity contribution in [2.45, 2.75) is 24.8 Å². The van der Waals surface area contributed by atoms with Gasteiger partial charge in [0.25, 0.3) is 0 Å². The number of nitrogens with one attached hydrogen (secondary N) is 1. The van der Waals surface area contributed by atoms with Gasteiger partial charge in [0, 0.05) is 23.2 Å². The smallest absolute Gasteiger partial charge is 0.154 e. The van der Waals surface area contributed by atoms with E-state index in [4.69, 9.17) is 11.1 Å². The van der Waals surface area contributed by atoms with Crippen LogP contribution in [0, 0.1) is 5.41 Å². The van der Waals surface area contributed by atoms with Crippen LogP contribution in [-0.2, 0) is 9.84 Å². The third-order valence-electron chi connectivity index (χ3n) is 3.55. The first-order valence-corrected chi connectivity index (χ1v) is 9.73. The Morgan fingerprint density at radius 2 is 2.24 bits per heavy atom. The largest absolute Gasteiger partial charge is 0.384 e.